The van der Waals surface area contributed by atoms with E-state index in [1.54, 1.807) is 24.3 Å². The van der Waals surface area contributed by atoms with Crippen LogP contribution in [0.4, 0.5) is 5.69 Å². The maximum Gasteiger partial charge on any atom is 0.240 e. The average Bonchev–Trinajstić information content (AvgIpc) is 2.70. The number of benzene rings is 2. The summed E-state index contributed by atoms with van der Waals surface area (Å²) in [5.41, 5.74) is 5.55. The molecule has 0 aliphatic heterocycles. The molecule has 2 amide bonds. The number of rotatable bonds is 6. The molecule has 2 aromatic carbocycles. The molecule has 7 heteroatoms. The number of carbonyl (C=O) groups is 2. The number of nitrogens with one attached hydrogen (secondary N) is 2. The van der Waals surface area contributed by atoms with Crippen molar-refractivity contribution in [1.29, 1.82) is 0 Å². The van der Waals surface area contributed by atoms with Crippen molar-refractivity contribution in [3.8, 4) is 0 Å². The van der Waals surface area contributed by atoms with E-state index in [1.807, 2.05) is 32.0 Å². The predicted molar refractivity (Wildman–Crippen MR) is 112 cm³/mol. The van der Waals surface area contributed by atoms with Gasteiger partial charge in [0.05, 0.1) is 17.2 Å². The van der Waals surface area contributed by atoms with Crippen molar-refractivity contribution in [2.45, 2.75) is 26.7 Å². The number of fused-ring (bicyclic) bond motifs is 1. The zero-order valence-electron chi connectivity index (χ0n) is 16.2. The lowest BCUT2D eigenvalue weighted by molar-refractivity contribution is -0.124. The van der Waals surface area contributed by atoms with Gasteiger partial charge in [-0.1, -0.05) is 23.8 Å². The molecule has 1 aromatic heterocycles. The highest BCUT2D eigenvalue weighted by atomic mass is 16.3. The van der Waals surface area contributed by atoms with E-state index >= 15 is 0 Å². The summed E-state index contributed by atoms with van der Waals surface area (Å²) in [7, 11) is 0. The first kappa shape index (κ1) is 20.0. The molecule has 148 valence electrons. The van der Waals surface area contributed by atoms with Gasteiger partial charge in [-0.3, -0.25) is 14.4 Å². The maximum absolute atomic E-state index is 12.4. The monoisotopic (exact) mass is 391 g/mol. The van der Waals surface area contributed by atoms with Crippen LogP contribution in [0, 0.1) is 13.8 Å². The number of carbonyl (C=O) groups excluding carboxylic acids is 2. The van der Waals surface area contributed by atoms with Crippen molar-refractivity contribution in [1.82, 2.24) is 5.43 Å². The Kier molecular flexibility index (Phi) is 6.19. The van der Waals surface area contributed by atoms with Crippen LogP contribution in [-0.2, 0) is 9.59 Å². The number of nitrogens with zero attached hydrogens (tertiary/aromatic N) is 1. The molecule has 29 heavy (non-hydrogen) atoms. The van der Waals surface area contributed by atoms with Crippen LogP contribution >= 0.6 is 0 Å². The molecule has 0 aliphatic carbocycles. The lowest BCUT2D eigenvalue weighted by atomic mass is 10.1. The van der Waals surface area contributed by atoms with Gasteiger partial charge in [-0.2, -0.15) is 5.10 Å². The number of aryl methyl sites for hydroxylation is 2. The molecule has 0 fully saturated rings. The van der Waals surface area contributed by atoms with Gasteiger partial charge >= 0.3 is 0 Å². The van der Waals surface area contributed by atoms with E-state index in [0.717, 1.165) is 11.1 Å². The minimum Gasteiger partial charge on any atom is -0.463 e. The van der Waals surface area contributed by atoms with E-state index < -0.39 is 5.91 Å². The molecule has 0 radical (unpaired) electrons. The molecular formula is C22H21N3O4. The minimum atomic E-state index is -0.430. The number of hydrogen-bond acceptors (Lipinski definition) is 5. The van der Waals surface area contributed by atoms with Gasteiger partial charge in [0.1, 0.15) is 11.8 Å². The zero-order valence-corrected chi connectivity index (χ0v) is 16.2. The number of hydrogen-bond donors (Lipinski definition) is 2. The molecule has 1 heterocycles. The topological polar surface area (TPSA) is 101 Å². The largest absolute Gasteiger partial charge is 0.463 e. The highest BCUT2D eigenvalue weighted by Gasteiger charge is 2.08. The average molecular weight is 391 g/mol. The fourth-order valence-electron chi connectivity index (χ4n) is 2.66. The highest BCUT2D eigenvalue weighted by Crippen LogP contribution is 2.13. The van der Waals surface area contributed by atoms with Crippen LogP contribution in [0.1, 0.15) is 29.5 Å². The van der Waals surface area contributed by atoms with Gasteiger partial charge in [0.2, 0.25) is 17.2 Å². The molecule has 3 aromatic rings. The lowest BCUT2D eigenvalue weighted by Crippen LogP contribution is -2.21. The summed E-state index contributed by atoms with van der Waals surface area (Å²) in [6, 6.07) is 12.7. The van der Waals surface area contributed by atoms with E-state index in [0.29, 0.717) is 16.7 Å². The first-order valence-electron chi connectivity index (χ1n) is 9.13. The molecule has 0 saturated carbocycles. The summed E-state index contributed by atoms with van der Waals surface area (Å²) in [5.74, 6) is -0.695. The third-order valence-electron chi connectivity index (χ3n) is 4.26. The van der Waals surface area contributed by atoms with E-state index in [4.69, 9.17) is 4.42 Å². The van der Waals surface area contributed by atoms with Crippen molar-refractivity contribution in [2.24, 2.45) is 5.10 Å². The Hall–Kier alpha value is -3.74. The Bertz CT molecular complexity index is 1130. The fourth-order valence-corrected chi connectivity index (χ4v) is 2.66. The summed E-state index contributed by atoms with van der Waals surface area (Å²) >= 11 is 0. The molecule has 0 bridgehead atoms. The third kappa shape index (κ3) is 5.38. The second-order valence-corrected chi connectivity index (χ2v) is 6.73. The first-order valence-corrected chi connectivity index (χ1v) is 9.13. The minimum absolute atomic E-state index is 0.0205. The Morgan fingerprint density at radius 1 is 1.00 bits per heavy atom. The molecule has 0 aliphatic rings. The summed E-state index contributed by atoms with van der Waals surface area (Å²) in [6.07, 6.45) is 2.53. The first-order chi connectivity index (χ1) is 13.9. The van der Waals surface area contributed by atoms with Gasteiger partial charge in [-0.15, -0.1) is 0 Å². The summed E-state index contributed by atoms with van der Waals surface area (Å²) in [4.78, 5) is 36.2. The normalized spacial score (nSPS) is 11.0. The van der Waals surface area contributed by atoms with Crippen molar-refractivity contribution in [3.05, 3.63) is 75.6 Å². The quantitative estimate of drug-likeness (QED) is 0.497. The standard InChI is InChI=1S/C22H21N3O4/c1-14-3-6-17(7-4-14)24-20(26)9-10-21(27)25-23-12-16-13-29-19-11-15(2)5-8-18(19)22(16)28/h3-8,11-13H,9-10H2,1-2H3,(H,24,26)(H,25,27). The van der Waals surface area contributed by atoms with Crippen LogP contribution in [0.3, 0.4) is 0 Å². The maximum atomic E-state index is 12.4. The Balaban J connectivity index is 1.52. The number of hydrazone groups is 1. The SMILES string of the molecule is Cc1ccc(NC(=O)CCC(=O)NN=Cc2coc3cc(C)ccc3c2=O)cc1. The van der Waals surface area contributed by atoms with Crippen molar-refractivity contribution >= 4 is 34.7 Å². The van der Waals surface area contributed by atoms with Crippen LogP contribution < -0.4 is 16.2 Å². The zero-order chi connectivity index (χ0) is 20.8. The third-order valence-corrected chi connectivity index (χ3v) is 4.26. The Morgan fingerprint density at radius 3 is 2.45 bits per heavy atom. The van der Waals surface area contributed by atoms with E-state index in [9.17, 15) is 14.4 Å². The summed E-state index contributed by atoms with van der Waals surface area (Å²) in [5, 5.41) is 6.95. The van der Waals surface area contributed by atoms with Gasteiger partial charge < -0.3 is 9.73 Å². The van der Waals surface area contributed by atoms with Crippen LogP contribution in [-0.4, -0.2) is 18.0 Å². The van der Waals surface area contributed by atoms with Crippen molar-refractivity contribution < 1.29 is 14.0 Å². The Labute approximate surface area is 167 Å². The van der Waals surface area contributed by atoms with Crippen LogP contribution in [0.2, 0.25) is 0 Å². The fraction of sp³-hybridized carbons (Fsp3) is 0.182. The number of amides is 2. The summed E-state index contributed by atoms with van der Waals surface area (Å²) in [6.45, 7) is 3.87. The van der Waals surface area contributed by atoms with Gasteiger partial charge in [0.25, 0.3) is 0 Å². The smallest absolute Gasteiger partial charge is 0.240 e. The van der Waals surface area contributed by atoms with Crippen LogP contribution in [0.15, 0.2) is 63.0 Å². The van der Waals surface area contributed by atoms with Crippen LogP contribution in [0.25, 0.3) is 11.0 Å². The van der Waals surface area contributed by atoms with Gasteiger partial charge in [0, 0.05) is 18.5 Å². The van der Waals surface area contributed by atoms with Gasteiger partial charge in [-0.25, -0.2) is 5.43 Å². The van der Waals surface area contributed by atoms with Crippen LogP contribution in [0.5, 0.6) is 0 Å². The molecule has 0 saturated heterocycles. The van der Waals surface area contributed by atoms with Crippen molar-refractivity contribution in [2.75, 3.05) is 5.32 Å². The molecule has 7 nitrogen and oxygen atoms in total. The Morgan fingerprint density at radius 2 is 1.69 bits per heavy atom. The molecular weight excluding hydrogens is 370 g/mol. The lowest BCUT2D eigenvalue weighted by Gasteiger charge is -2.05. The second kappa shape index (κ2) is 8.97. The molecule has 0 spiro atoms. The second-order valence-electron chi connectivity index (χ2n) is 6.73. The van der Waals surface area contributed by atoms with Gasteiger partial charge in [-0.05, 0) is 43.7 Å². The number of anilines is 1. The molecule has 0 unspecified atom stereocenters. The van der Waals surface area contributed by atoms with E-state index in [-0.39, 0.29) is 29.7 Å². The highest BCUT2D eigenvalue weighted by molar-refractivity contribution is 5.93. The predicted octanol–water partition coefficient (Wildman–Crippen LogP) is 3.28. The van der Waals surface area contributed by atoms with E-state index in [2.05, 4.69) is 15.8 Å². The molecule has 0 atom stereocenters. The molecule has 3 rings (SSSR count). The summed E-state index contributed by atoms with van der Waals surface area (Å²) < 4.78 is 5.45. The van der Waals surface area contributed by atoms with Crippen molar-refractivity contribution in [3.63, 3.8) is 0 Å². The molecule has 2 N–H and O–H groups in total. The van der Waals surface area contributed by atoms with Gasteiger partial charge in [0.15, 0.2) is 0 Å². The van der Waals surface area contributed by atoms with E-state index in [1.165, 1.54) is 12.5 Å².